The molecule has 1 aromatic rings. The SMILES string of the molecule is CCCN1c2ccccc2CC1CCCNC. The third kappa shape index (κ3) is 2.81. The summed E-state index contributed by atoms with van der Waals surface area (Å²) in [6.45, 7) is 4.60. The monoisotopic (exact) mass is 232 g/mol. The first kappa shape index (κ1) is 12.4. The molecule has 0 amide bonds. The third-order valence-corrected chi connectivity index (χ3v) is 3.63. The molecule has 94 valence electrons. The molecule has 1 unspecified atom stereocenters. The van der Waals surface area contributed by atoms with Crippen molar-refractivity contribution in [3.8, 4) is 0 Å². The molecule has 0 saturated heterocycles. The zero-order valence-corrected chi connectivity index (χ0v) is 11.1. The Hall–Kier alpha value is -1.02. The average molecular weight is 232 g/mol. The van der Waals surface area contributed by atoms with Gasteiger partial charge in [-0.25, -0.2) is 0 Å². The number of hydrogen-bond acceptors (Lipinski definition) is 2. The number of benzene rings is 1. The van der Waals surface area contributed by atoms with E-state index in [2.05, 4.69) is 41.4 Å². The molecule has 1 aliphatic heterocycles. The Bertz CT molecular complexity index is 349. The molecule has 0 fully saturated rings. The van der Waals surface area contributed by atoms with Gasteiger partial charge in [0.2, 0.25) is 0 Å². The van der Waals surface area contributed by atoms with Crippen molar-refractivity contribution < 1.29 is 0 Å². The topological polar surface area (TPSA) is 15.3 Å². The first-order valence-electron chi connectivity index (χ1n) is 6.86. The summed E-state index contributed by atoms with van der Waals surface area (Å²) in [5.74, 6) is 0. The maximum atomic E-state index is 3.24. The van der Waals surface area contributed by atoms with Crippen LogP contribution in [0.2, 0.25) is 0 Å². The summed E-state index contributed by atoms with van der Waals surface area (Å²) in [7, 11) is 2.03. The van der Waals surface area contributed by atoms with Gasteiger partial charge in [0, 0.05) is 18.3 Å². The van der Waals surface area contributed by atoms with Gasteiger partial charge in [-0.15, -0.1) is 0 Å². The van der Waals surface area contributed by atoms with E-state index < -0.39 is 0 Å². The molecule has 1 N–H and O–H groups in total. The van der Waals surface area contributed by atoms with Crippen LogP contribution in [0.3, 0.4) is 0 Å². The summed E-state index contributed by atoms with van der Waals surface area (Å²) in [5.41, 5.74) is 3.01. The molecule has 2 nitrogen and oxygen atoms in total. The van der Waals surface area contributed by atoms with Crippen molar-refractivity contribution in [3.63, 3.8) is 0 Å². The van der Waals surface area contributed by atoms with Gasteiger partial charge in [-0.2, -0.15) is 0 Å². The van der Waals surface area contributed by atoms with E-state index in [0.717, 1.165) is 12.6 Å². The van der Waals surface area contributed by atoms with Crippen LogP contribution in [0.4, 0.5) is 5.69 Å². The van der Waals surface area contributed by atoms with Crippen molar-refractivity contribution in [2.75, 3.05) is 25.0 Å². The second-order valence-electron chi connectivity index (χ2n) is 4.93. The Morgan fingerprint density at radius 2 is 2.18 bits per heavy atom. The van der Waals surface area contributed by atoms with Crippen LogP contribution >= 0.6 is 0 Å². The predicted octanol–water partition coefficient (Wildman–Crippen LogP) is 2.83. The van der Waals surface area contributed by atoms with E-state index in [0.29, 0.717) is 0 Å². The van der Waals surface area contributed by atoms with E-state index in [9.17, 15) is 0 Å². The number of hydrogen-bond donors (Lipinski definition) is 1. The minimum atomic E-state index is 0.723. The van der Waals surface area contributed by atoms with Crippen molar-refractivity contribution in [1.82, 2.24) is 5.32 Å². The molecule has 0 radical (unpaired) electrons. The number of rotatable bonds is 6. The van der Waals surface area contributed by atoms with Crippen molar-refractivity contribution in [2.45, 2.75) is 38.6 Å². The van der Waals surface area contributed by atoms with E-state index in [1.807, 2.05) is 7.05 Å². The Morgan fingerprint density at radius 3 is 2.94 bits per heavy atom. The van der Waals surface area contributed by atoms with Crippen LogP contribution in [0.5, 0.6) is 0 Å². The Kier molecular flexibility index (Phi) is 4.43. The lowest BCUT2D eigenvalue weighted by Crippen LogP contribution is -2.33. The quantitative estimate of drug-likeness (QED) is 0.759. The standard InChI is InChI=1S/C15H24N2/c1-3-11-17-14(8-6-10-16-2)12-13-7-4-5-9-15(13)17/h4-5,7,9,14,16H,3,6,8,10-12H2,1-2H3. The molecule has 1 atom stereocenters. The van der Waals surface area contributed by atoms with E-state index in [1.54, 1.807) is 0 Å². The highest BCUT2D eigenvalue weighted by atomic mass is 15.2. The highest BCUT2D eigenvalue weighted by Gasteiger charge is 2.27. The van der Waals surface area contributed by atoms with Gasteiger partial charge in [0.25, 0.3) is 0 Å². The molecular weight excluding hydrogens is 208 g/mol. The molecule has 17 heavy (non-hydrogen) atoms. The molecule has 1 heterocycles. The summed E-state index contributed by atoms with van der Waals surface area (Å²) < 4.78 is 0. The van der Waals surface area contributed by atoms with Crippen LogP contribution in [-0.4, -0.2) is 26.2 Å². The lowest BCUT2D eigenvalue weighted by atomic mass is 10.1. The second kappa shape index (κ2) is 6.06. The van der Waals surface area contributed by atoms with Gasteiger partial charge in [0.05, 0.1) is 0 Å². The van der Waals surface area contributed by atoms with Crippen LogP contribution in [0, 0.1) is 0 Å². The normalized spacial score (nSPS) is 18.5. The molecular formula is C15H24N2. The van der Waals surface area contributed by atoms with Crippen LogP contribution in [-0.2, 0) is 6.42 Å². The van der Waals surface area contributed by atoms with E-state index in [-0.39, 0.29) is 0 Å². The van der Waals surface area contributed by atoms with E-state index in [1.165, 1.54) is 43.5 Å². The first-order chi connectivity index (χ1) is 8.36. The fourth-order valence-corrected chi connectivity index (χ4v) is 2.84. The van der Waals surface area contributed by atoms with E-state index in [4.69, 9.17) is 0 Å². The Balaban J connectivity index is 2.04. The van der Waals surface area contributed by atoms with Gasteiger partial charge in [0.1, 0.15) is 0 Å². The fourth-order valence-electron chi connectivity index (χ4n) is 2.84. The van der Waals surface area contributed by atoms with Crippen LogP contribution in [0.15, 0.2) is 24.3 Å². The van der Waals surface area contributed by atoms with Crippen LogP contribution in [0.25, 0.3) is 0 Å². The van der Waals surface area contributed by atoms with Crippen LogP contribution in [0.1, 0.15) is 31.7 Å². The van der Waals surface area contributed by atoms with Crippen molar-refractivity contribution in [1.29, 1.82) is 0 Å². The molecule has 1 aliphatic rings. The highest BCUT2D eigenvalue weighted by molar-refractivity contribution is 5.59. The van der Waals surface area contributed by atoms with Gasteiger partial charge in [0.15, 0.2) is 0 Å². The number of fused-ring (bicyclic) bond motifs is 1. The van der Waals surface area contributed by atoms with Crippen molar-refractivity contribution in [3.05, 3.63) is 29.8 Å². The average Bonchev–Trinajstić information content (AvgIpc) is 2.69. The third-order valence-electron chi connectivity index (χ3n) is 3.63. The summed E-state index contributed by atoms with van der Waals surface area (Å²) in [4.78, 5) is 2.62. The summed E-state index contributed by atoms with van der Waals surface area (Å²) >= 11 is 0. The maximum absolute atomic E-state index is 3.24. The molecule has 0 saturated carbocycles. The molecule has 0 spiro atoms. The highest BCUT2D eigenvalue weighted by Crippen LogP contribution is 2.33. The molecule has 2 rings (SSSR count). The van der Waals surface area contributed by atoms with Gasteiger partial charge in [-0.1, -0.05) is 25.1 Å². The second-order valence-corrected chi connectivity index (χ2v) is 4.93. The number of para-hydroxylation sites is 1. The maximum Gasteiger partial charge on any atom is 0.0402 e. The summed E-state index contributed by atoms with van der Waals surface area (Å²) in [5, 5.41) is 3.24. The van der Waals surface area contributed by atoms with Gasteiger partial charge >= 0.3 is 0 Å². The fraction of sp³-hybridized carbons (Fsp3) is 0.600. The van der Waals surface area contributed by atoms with E-state index >= 15 is 0 Å². The van der Waals surface area contributed by atoms with Crippen LogP contribution < -0.4 is 10.2 Å². The number of anilines is 1. The zero-order valence-electron chi connectivity index (χ0n) is 11.1. The smallest absolute Gasteiger partial charge is 0.0402 e. The van der Waals surface area contributed by atoms with Gasteiger partial charge < -0.3 is 10.2 Å². The number of nitrogens with zero attached hydrogens (tertiary/aromatic N) is 1. The molecule has 0 aromatic heterocycles. The predicted molar refractivity (Wildman–Crippen MR) is 74.7 cm³/mol. The minimum absolute atomic E-state index is 0.723. The van der Waals surface area contributed by atoms with Gasteiger partial charge in [-0.05, 0) is 50.9 Å². The summed E-state index contributed by atoms with van der Waals surface area (Å²) in [6.07, 6.45) is 5.04. The Morgan fingerprint density at radius 1 is 1.35 bits per heavy atom. The van der Waals surface area contributed by atoms with Gasteiger partial charge in [-0.3, -0.25) is 0 Å². The molecule has 0 aliphatic carbocycles. The minimum Gasteiger partial charge on any atom is -0.368 e. The van der Waals surface area contributed by atoms with Crippen molar-refractivity contribution >= 4 is 5.69 Å². The molecule has 2 heteroatoms. The lowest BCUT2D eigenvalue weighted by molar-refractivity contribution is 0.540. The Labute approximate surface area is 105 Å². The largest absolute Gasteiger partial charge is 0.368 e. The van der Waals surface area contributed by atoms with Crippen molar-refractivity contribution in [2.24, 2.45) is 0 Å². The lowest BCUT2D eigenvalue weighted by Gasteiger charge is -2.27. The zero-order chi connectivity index (χ0) is 12.1. The molecule has 1 aromatic carbocycles. The first-order valence-corrected chi connectivity index (χ1v) is 6.86. The summed E-state index contributed by atoms with van der Waals surface area (Å²) in [6, 6.07) is 9.62. The molecule has 0 bridgehead atoms. The number of nitrogens with one attached hydrogen (secondary N) is 1.